The minimum atomic E-state index is -4.39. The highest BCUT2D eigenvalue weighted by Crippen LogP contribution is 2.30. The van der Waals surface area contributed by atoms with Crippen LogP contribution in [0.15, 0.2) is 40.8 Å². The number of hydrogen-bond acceptors (Lipinski definition) is 3. The molecule has 0 saturated carbocycles. The molecule has 1 heterocycles. The number of alkyl halides is 3. The highest BCUT2D eigenvalue weighted by Gasteiger charge is 2.30. The lowest BCUT2D eigenvalue weighted by Gasteiger charge is -2.14. The summed E-state index contributed by atoms with van der Waals surface area (Å²) in [5, 5.41) is 11.3. The molecule has 1 aromatic heterocycles. The second kappa shape index (κ2) is 6.77. The van der Waals surface area contributed by atoms with Gasteiger partial charge in [0.1, 0.15) is 0 Å². The van der Waals surface area contributed by atoms with Crippen molar-refractivity contribution >= 4 is 11.9 Å². The van der Waals surface area contributed by atoms with Crippen LogP contribution in [0.1, 0.15) is 45.1 Å². The van der Waals surface area contributed by atoms with Gasteiger partial charge in [-0.05, 0) is 35.7 Å². The number of rotatable bonds is 5. The minimum Gasteiger partial charge on any atom is -0.475 e. The highest BCUT2D eigenvalue weighted by molar-refractivity contribution is 5.93. The number of nitrogens with one attached hydrogen (secondary N) is 1. The Bertz CT molecular complexity index is 735. The highest BCUT2D eigenvalue weighted by atomic mass is 19.4. The van der Waals surface area contributed by atoms with Gasteiger partial charge in [-0.15, -0.1) is 0 Å². The fraction of sp³-hybridized carbons (Fsp3) is 0.250. The summed E-state index contributed by atoms with van der Waals surface area (Å²) < 4.78 is 42.4. The molecule has 24 heavy (non-hydrogen) atoms. The van der Waals surface area contributed by atoms with E-state index in [9.17, 15) is 22.8 Å². The molecule has 2 rings (SSSR count). The summed E-state index contributed by atoms with van der Waals surface area (Å²) in [6.45, 7) is 1.90. The third-order valence-electron chi connectivity index (χ3n) is 3.42. The molecular weight excluding hydrogens is 327 g/mol. The van der Waals surface area contributed by atoms with Gasteiger partial charge in [-0.1, -0.05) is 19.1 Å². The Hall–Kier alpha value is -2.77. The van der Waals surface area contributed by atoms with Crippen LogP contribution >= 0.6 is 0 Å². The zero-order chi connectivity index (χ0) is 17.9. The molecule has 128 valence electrons. The third kappa shape index (κ3) is 4.15. The third-order valence-corrected chi connectivity index (χ3v) is 3.42. The van der Waals surface area contributed by atoms with Crippen molar-refractivity contribution in [3.05, 3.63) is 59.0 Å². The van der Waals surface area contributed by atoms with Crippen molar-refractivity contribution in [3.8, 4) is 0 Å². The maximum atomic E-state index is 12.5. The molecular formula is C16H14F3NO4. The molecule has 0 saturated heterocycles. The number of halogens is 3. The van der Waals surface area contributed by atoms with Crippen LogP contribution in [0.3, 0.4) is 0 Å². The Morgan fingerprint density at radius 3 is 2.21 bits per heavy atom. The molecule has 1 aromatic carbocycles. The molecule has 0 aliphatic carbocycles. The van der Waals surface area contributed by atoms with Crippen molar-refractivity contribution in [1.82, 2.24) is 5.32 Å². The summed E-state index contributed by atoms with van der Waals surface area (Å²) in [6.07, 6.45) is -4.39. The van der Waals surface area contributed by atoms with Crippen molar-refractivity contribution in [2.45, 2.75) is 19.0 Å². The van der Waals surface area contributed by atoms with Gasteiger partial charge in [-0.25, -0.2) is 4.79 Å². The lowest BCUT2D eigenvalue weighted by Crippen LogP contribution is -2.27. The molecule has 0 aliphatic rings. The number of carbonyl (C=O) groups is 2. The quantitative estimate of drug-likeness (QED) is 0.872. The predicted molar refractivity (Wildman–Crippen MR) is 77.9 cm³/mol. The zero-order valence-electron chi connectivity index (χ0n) is 12.6. The van der Waals surface area contributed by atoms with Gasteiger partial charge in [-0.3, -0.25) is 4.79 Å². The van der Waals surface area contributed by atoms with E-state index in [2.05, 4.69) is 5.32 Å². The first-order valence-electron chi connectivity index (χ1n) is 6.97. The zero-order valence-corrected chi connectivity index (χ0v) is 12.6. The largest absolute Gasteiger partial charge is 0.475 e. The summed E-state index contributed by atoms with van der Waals surface area (Å²) in [4.78, 5) is 22.5. The summed E-state index contributed by atoms with van der Waals surface area (Å²) in [6, 6.07) is 7.08. The molecule has 0 bridgehead atoms. The number of carboxylic acid groups (broad SMARTS) is 1. The topological polar surface area (TPSA) is 79.5 Å². The van der Waals surface area contributed by atoms with Crippen molar-refractivity contribution in [2.24, 2.45) is 0 Å². The van der Waals surface area contributed by atoms with Crippen LogP contribution in [-0.4, -0.2) is 23.5 Å². The van der Waals surface area contributed by atoms with Gasteiger partial charge in [-0.2, -0.15) is 13.2 Å². The number of amides is 1. The van der Waals surface area contributed by atoms with Crippen molar-refractivity contribution in [1.29, 1.82) is 0 Å². The molecule has 0 spiro atoms. The molecule has 1 amide bonds. The van der Waals surface area contributed by atoms with Crippen LogP contribution in [0.2, 0.25) is 0 Å². The van der Waals surface area contributed by atoms with Crippen molar-refractivity contribution in [3.63, 3.8) is 0 Å². The van der Waals surface area contributed by atoms with E-state index in [0.717, 1.165) is 18.2 Å². The molecule has 5 nitrogen and oxygen atoms in total. The van der Waals surface area contributed by atoms with E-state index in [1.807, 2.05) is 0 Å². The molecule has 0 radical (unpaired) electrons. The number of carbonyl (C=O) groups excluding carboxylic acids is 1. The van der Waals surface area contributed by atoms with Gasteiger partial charge in [0.15, 0.2) is 5.76 Å². The molecule has 0 fully saturated rings. The van der Waals surface area contributed by atoms with Gasteiger partial charge in [0.2, 0.25) is 5.76 Å². The van der Waals surface area contributed by atoms with Crippen LogP contribution in [0.4, 0.5) is 13.2 Å². The van der Waals surface area contributed by atoms with Crippen LogP contribution in [-0.2, 0) is 6.18 Å². The smallest absolute Gasteiger partial charge is 0.416 e. The molecule has 0 aliphatic heterocycles. The maximum absolute atomic E-state index is 12.5. The van der Waals surface area contributed by atoms with E-state index < -0.39 is 23.6 Å². The molecule has 8 heteroatoms. The Morgan fingerprint density at radius 1 is 1.12 bits per heavy atom. The lowest BCUT2D eigenvalue weighted by atomic mass is 9.99. The van der Waals surface area contributed by atoms with Gasteiger partial charge in [0.05, 0.1) is 5.56 Å². The summed E-state index contributed by atoms with van der Waals surface area (Å²) >= 11 is 0. The fourth-order valence-electron chi connectivity index (χ4n) is 2.03. The first-order valence-corrected chi connectivity index (χ1v) is 6.97. The second-order valence-electron chi connectivity index (χ2n) is 5.20. The lowest BCUT2D eigenvalue weighted by molar-refractivity contribution is -0.137. The van der Waals surface area contributed by atoms with Crippen LogP contribution in [0, 0.1) is 0 Å². The number of hydrogen-bond donors (Lipinski definition) is 2. The van der Waals surface area contributed by atoms with Gasteiger partial charge in [0.25, 0.3) is 5.91 Å². The van der Waals surface area contributed by atoms with E-state index in [1.54, 1.807) is 6.92 Å². The number of aromatic carboxylic acids is 1. The Balaban J connectivity index is 1.95. The van der Waals surface area contributed by atoms with Crippen LogP contribution in [0.5, 0.6) is 0 Å². The van der Waals surface area contributed by atoms with Gasteiger partial charge in [0, 0.05) is 6.54 Å². The SMILES string of the molecule is CC(CNC(=O)c1ccc(C(=O)O)o1)c1ccc(C(F)(F)F)cc1. The first-order chi connectivity index (χ1) is 11.2. The van der Waals surface area contributed by atoms with Crippen molar-refractivity contribution < 1.29 is 32.3 Å². The molecule has 2 N–H and O–H groups in total. The van der Waals surface area contributed by atoms with Crippen LogP contribution in [0.25, 0.3) is 0 Å². The molecule has 1 unspecified atom stereocenters. The number of carboxylic acids is 1. The van der Waals surface area contributed by atoms with E-state index in [4.69, 9.17) is 9.52 Å². The predicted octanol–water partition coefficient (Wildman–Crippen LogP) is 3.53. The summed E-state index contributed by atoms with van der Waals surface area (Å²) in [5.41, 5.74) is -0.103. The fourth-order valence-corrected chi connectivity index (χ4v) is 2.03. The van der Waals surface area contributed by atoms with E-state index in [-0.39, 0.29) is 24.0 Å². The Morgan fingerprint density at radius 2 is 1.71 bits per heavy atom. The average molecular weight is 341 g/mol. The van der Waals surface area contributed by atoms with Crippen LogP contribution < -0.4 is 5.32 Å². The van der Waals surface area contributed by atoms with E-state index in [1.165, 1.54) is 18.2 Å². The maximum Gasteiger partial charge on any atom is 0.416 e. The number of benzene rings is 1. The van der Waals surface area contributed by atoms with Gasteiger partial charge >= 0.3 is 12.1 Å². The Labute approximate surface area is 135 Å². The monoisotopic (exact) mass is 341 g/mol. The Kier molecular flexibility index (Phi) is 4.96. The summed E-state index contributed by atoms with van der Waals surface area (Å²) in [7, 11) is 0. The molecule has 2 aromatic rings. The van der Waals surface area contributed by atoms with Gasteiger partial charge < -0.3 is 14.8 Å². The standard InChI is InChI=1S/C16H14F3NO4/c1-9(10-2-4-11(5-3-10)16(17,18)19)8-20-14(21)12-6-7-13(24-12)15(22)23/h2-7,9H,8H2,1H3,(H,20,21)(H,22,23). The van der Waals surface area contributed by atoms with E-state index >= 15 is 0 Å². The van der Waals surface area contributed by atoms with E-state index in [0.29, 0.717) is 5.56 Å². The number of furan rings is 1. The average Bonchev–Trinajstić information content (AvgIpc) is 3.02. The molecule has 1 atom stereocenters. The second-order valence-corrected chi connectivity index (χ2v) is 5.20. The first kappa shape index (κ1) is 17.6. The van der Waals surface area contributed by atoms with Crippen molar-refractivity contribution in [2.75, 3.05) is 6.54 Å². The minimum absolute atomic E-state index is 0.146. The normalized spacial score (nSPS) is 12.7. The summed E-state index contributed by atoms with van der Waals surface area (Å²) in [5.74, 6) is -2.61.